The highest BCUT2D eigenvalue weighted by atomic mass is 31.3. The van der Waals surface area contributed by atoms with Crippen molar-refractivity contribution in [2.45, 2.75) is 43.2 Å². The van der Waals surface area contributed by atoms with Crippen molar-refractivity contribution in [3.8, 4) is 11.5 Å². The SMILES string of the molecule is Oc1ccc(OP2(OCC(F)(F)F)=NP(OCC(F)(F)F)(OCC(F)(F)F)=NP(OCC(F)(F)F)(OCC(F)(F)F)=NP(OCC(F)(F)F)(OCC(F)(F)F)=N2)cc1. The minimum Gasteiger partial charge on any atom is -0.508 e. The molecule has 1 aliphatic rings. The number of phenols is 1. The highest BCUT2D eigenvalue weighted by molar-refractivity contribution is 7.78. The normalized spacial score (nSPS) is 20.5. The lowest BCUT2D eigenvalue weighted by molar-refractivity contribution is -0.164. The summed E-state index contributed by atoms with van der Waals surface area (Å²) in [7, 11) is -27.5. The van der Waals surface area contributed by atoms with Crippen molar-refractivity contribution in [3.63, 3.8) is 0 Å². The van der Waals surface area contributed by atoms with Crippen LogP contribution in [0.3, 0.4) is 0 Å². The molecule has 0 radical (unpaired) electrons. The second-order valence-corrected chi connectivity index (χ2v) is 18.9. The lowest BCUT2D eigenvalue weighted by Crippen LogP contribution is -2.22. The summed E-state index contributed by atoms with van der Waals surface area (Å²) in [4.78, 5) is 0. The highest BCUT2D eigenvalue weighted by Gasteiger charge is 2.51. The molecule has 0 saturated carbocycles. The summed E-state index contributed by atoms with van der Waals surface area (Å²) < 4.78 is 329. The molecule has 0 fully saturated rings. The third kappa shape index (κ3) is 20.5. The summed E-state index contributed by atoms with van der Waals surface area (Å²) >= 11 is 0. The Morgan fingerprint density at radius 3 is 0.759 bits per heavy atom. The quantitative estimate of drug-likeness (QED) is 0.126. The number of phenolic OH excluding ortho intramolecular Hbond substituents is 1. The van der Waals surface area contributed by atoms with Crippen molar-refractivity contribution in [1.29, 1.82) is 0 Å². The van der Waals surface area contributed by atoms with Gasteiger partial charge in [0.1, 0.15) is 11.5 Å². The summed E-state index contributed by atoms with van der Waals surface area (Å²) in [5.41, 5.74) is 0. The Balaban J connectivity index is 3.55. The van der Waals surface area contributed by atoms with E-state index in [2.05, 4.69) is 49.7 Å². The molecule has 2 rings (SSSR count). The van der Waals surface area contributed by atoms with Crippen molar-refractivity contribution in [1.82, 2.24) is 0 Å². The van der Waals surface area contributed by atoms with Gasteiger partial charge in [0.05, 0.1) is 0 Å². The fourth-order valence-corrected chi connectivity index (χ4v) is 15.4. The average molecular weight is 982 g/mol. The first-order chi connectivity index (χ1) is 25.8. The van der Waals surface area contributed by atoms with Gasteiger partial charge in [0.15, 0.2) is 46.2 Å². The van der Waals surface area contributed by atoms with Crippen molar-refractivity contribution in [2.24, 2.45) is 18.1 Å². The molecular formula is C20H19F21N4O9P4. The standard InChI is InChI=1S/C20H19F21N4O9P4/c21-14(22,23)5-47-55(48-6-15(24,25)26)42-56(49-7-16(27,28)29,50-8-17(30,31)32)44-58(53-11-20(39,40)41,54-13-3-1-12(46)2-4-13)45-57(43-55,51-9-18(33,34)35)52-10-19(36,37)38/h1-4,46H,5-11H2. The van der Waals surface area contributed by atoms with E-state index in [0.717, 1.165) is 0 Å². The Bertz CT molecular complexity index is 1660. The predicted octanol–water partition coefficient (Wildman–Crippen LogP) is 12.6. The molecule has 1 heterocycles. The van der Waals surface area contributed by atoms with Crippen LogP contribution in [0.4, 0.5) is 92.2 Å². The Kier molecular flexibility index (Phi) is 16.7. The van der Waals surface area contributed by atoms with Crippen LogP contribution >= 0.6 is 30.6 Å². The fourth-order valence-electron chi connectivity index (χ4n) is 2.92. The summed E-state index contributed by atoms with van der Waals surface area (Å²) in [6, 6.07) is 1.80. The molecule has 1 aromatic rings. The van der Waals surface area contributed by atoms with Crippen LogP contribution in [-0.2, 0) is 31.7 Å². The third-order valence-corrected chi connectivity index (χ3v) is 15.7. The van der Waals surface area contributed by atoms with Crippen molar-refractivity contribution in [3.05, 3.63) is 24.3 Å². The first-order valence-electron chi connectivity index (χ1n) is 13.8. The minimum atomic E-state index is -7.02. The summed E-state index contributed by atoms with van der Waals surface area (Å²) in [6.07, 6.45) is -41.4. The van der Waals surface area contributed by atoms with Crippen LogP contribution in [-0.4, -0.2) is 94.6 Å². The lowest BCUT2D eigenvalue weighted by Gasteiger charge is -2.33. The van der Waals surface area contributed by atoms with Crippen LogP contribution in [0.2, 0.25) is 0 Å². The van der Waals surface area contributed by atoms with Gasteiger partial charge in [-0.05, 0) is 24.3 Å². The molecule has 13 nitrogen and oxygen atoms in total. The monoisotopic (exact) mass is 982 g/mol. The van der Waals surface area contributed by atoms with Crippen LogP contribution < -0.4 is 4.52 Å². The van der Waals surface area contributed by atoms with Crippen LogP contribution in [0.15, 0.2) is 42.3 Å². The fraction of sp³-hybridized carbons (Fsp3) is 0.700. The maximum atomic E-state index is 13.6. The molecule has 1 unspecified atom stereocenters. The smallest absolute Gasteiger partial charge is 0.412 e. The van der Waals surface area contributed by atoms with Crippen LogP contribution in [0.1, 0.15) is 0 Å². The van der Waals surface area contributed by atoms with Gasteiger partial charge in [0.2, 0.25) is 0 Å². The zero-order chi connectivity index (χ0) is 44.9. The molecule has 1 aromatic carbocycles. The Hall–Kier alpha value is -2.01. The Morgan fingerprint density at radius 1 is 0.345 bits per heavy atom. The van der Waals surface area contributed by atoms with E-state index in [-0.39, 0.29) is 0 Å². The summed E-state index contributed by atoms with van der Waals surface area (Å²) in [5, 5.41) is 9.56. The molecular weight excluding hydrogens is 963 g/mol. The number of alkyl halides is 21. The first kappa shape index (κ1) is 52.1. The van der Waals surface area contributed by atoms with Gasteiger partial charge in [-0.1, -0.05) is 0 Å². The van der Waals surface area contributed by atoms with E-state index in [9.17, 15) is 97.3 Å². The van der Waals surface area contributed by atoms with E-state index >= 15 is 0 Å². The second kappa shape index (κ2) is 18.5. The predicted molar refractivity (Wildman–Crippen MR) is 150 cm³/mol. The van der Waals surface area contributed by atoms with Crippen LogP contribution in [0, 0.1) is 0 Å². The molecule has 0 saturated heterocycles. The zero-order valence-corrected chi connectivity index (χ0v) is 30.6. The largest absolute Gasteiger partial charge is 0.508 e. The molecule has 0 aromatic heterocycles. The maximum Gasteiger partial charge on any atom is 0.412 e. The van der Waals surface area contributed by atoms with Crippen LogP contribution in [0.25, 0.3) is 0 Å². The van der Waals surface area contributed by atoms with E-state index in [1.54, 1.807) is 0 Å². The number of hydrogen-bond donors (Lipinski definition) is 1. The van der Waals surface area contributed by atoms with Gasteiger partial charge in [0.25, 0.3) is 0 Å². The maximum absolute atomic E-state index is 13.6. The molecule has 38 heteroatoms. The number of rotatable bonds is 16. The molecule has 0 spiro atoms. The number of hydrogen-bond acceptors (Lipinski definition) is 13. The van der Waals surface area contributed by atoms with Gasteiger partial charge < -0.3 is 9.63 Å². The van der Waals surface area contributed by atoms with E-state index in [4.69, 9.17) is 4.52 Å². The third-order valence-electron chi connectivity index (χ3n) is 4.74. The minimum absolute atomic E-state index is 0.392. The summed E-state index contributed by atoms with van der Waals surface area (Å²) in [6.45, 7) is -21.9. The zero-order valence-electron chi connectivity index (χ0n) is 27.0. The second-order valence-electron chi connectivity index (χ2n) is 10.1. The first-order valence-corrected chi connectivity index (χ1v) is 19.9. The van der Waals surface area contributed by atoms with Gasteiger partial charge in [-0.3, -0.25) is 31.7 Å². The summed E-state index contributed by atoms with van der Waals surface area (Å²) in [5.74, 6) is -2.00. The number of aromatic hydroxyl groups is 1. The highest BCUT2D eigenvalue weighted by Crippen LogP contribution is 2.81. The molecule has 1 aliphatic heterocycles. The lowest BCUT2D eigenvalue weighted by atomic mass is 10.3. The van der Waals surface area contributed by atoms with Gasteiger partial charge in [-0.25, -0.2) is 0 Å². The number of benzene rings is 1. The molecule has 58 heavy (non-hydrogen) atoms. The Morgan fingerprint density at radius 2 is 0.534 bits per heavy atom. The van der Waals surface area contributed by atoms with Crippen LogP contribution in [0.5, 0.6) is 11.5 Å². The van der Waals surface area contributed by atoms with Crippen molar-refractivity contribution in [2.75, 3.05) is 46.2 Å². The molecule has 0 aliphatic carbocycles. The van der Waals surface area contributed by atoms with Gasteiger partial charge in [-0.2, -0.15) is 92.2 Å². The molecule has 1 atom stereocenters. The average Bonchev–Trinajstić information content (AvgIpc) is 3.00. The molecule has 340 valence electrons. The van der Waals surface area contributed by atoms with E-state index in [1.807, 2.05) is 0 Å². The Labute approximate surface area is 308 Å². The molecule has 0 amide bonds. The van der Waals surface area contributed by atoms with E-state index < -0.39 is 132 Å². The van der Waals surface area contributed by atoms with Gasteiger partial charge >= 0.3 is 73.9 Å². The van der Waals surface area contributed by atoms with E-state index in [0.29, 0.717) is 24.3 Å². The number of halogens is 21. The van der Waals surface area contributed by atoms with Gasteiger partial charge in [0, 0.05) is 0 Å². The topological polar surface area (TPSA) is 144 Å². The van der Waals surface area contributed by atoms with Crippen molar-refractivity contribution < 1.29 is 133 Å². The molecule has 0 bridgehead atoms. The van der Waals surface area contributed by atoms with Crippen molar-refractivity contribution >= 4 is 30.6 Å². The molecule has 1 N–H and O–H groups in total. The van der Waals surface area contributed by atoms with E-state index in [1.165, 1.54) is 0 Å². The van der Waals surface area contributed by atoms with Gasteiger partial charge in [-0.15, -0.1) is 18.1 Å². The number of nitrogens with zero attached hydrogens (tertiary/aromatic N) is 4.